The minimum Gasteiger partial charge on any atom is -0.464 e. The fraction of sp³-hybridized carbons (Fsp3) is 0.692. The fourth-order valence-corrected chi connectivity index (χ4v) is 3.41. The van der Waals surface area contributed by atoms with Crippen LogP contribution >= 0.6 is 0 Å². The fourth-order valence-electron chi connectivity index (χ4n) is 2.13. The summed E-state index contributed by atoms with van der Waals surface area (Å²) in [5.41, 5.74) is 0. The van der Waals surface area contributed by atoms with Gasteiger partial charge in [-0.1, -0.05) is 12.8 Å². The van der Waals surface area contributed by atoms with Crippen molar-refractivity contribution in [1.29, 1.82) is 0 Å². The van der Waals surface area contributed by atoms with Crippen molar-refractivity contribution in [3.05, 3.63) is 17.6 Å². The minimum atomic E-state index is -3.44. The molecule has 1 saturated carbocycles. The predicted octanol–water partition coefficient (Wildman–Crippen LogP) is 1.78. The van der Waals surface area contributed by atoms with E-state index >= 15 is 0 Å². The van der Waals surface area contributed by atoms with Gasteiger partial charge in [0.05, 0.1) is 6.54 Å². The topological polar surface area (TPSA) is 71.3 Å². The van der Waals surface area contributed by atoms with Crippen molar-refractivity contribution < 1.29 is 12.8 Å². The highest BCUT2D eigenvalue weighted by Gasteiger charge is 2.23. The van der Waals surface area contributed by atoms with Crippen molar-refractivity contribution in [3.63, 3.8) is 0 Å². The standard InChI is InChI=1S/C13H22N2O3S/c1-10-13(8-12(18-10)9-14-2)19(16,17)15-7-3-4-11-5-6-11/h8,11,14-15H,3-7,9H2,1-2H3. The largest absolute Gasteiger partial charge is 0.464 e. The maximum absolute atomic E-state index is 12.1. The van der Waals surface area contributed by atoms with Crippen molar-refractivity contribution in [2.24, 2.45) is 5.92 Å². The van der Waals surface area contributed by atoms with Crippen LogP contribution in [0.25, 0.3) is 0 Å². The van der Waals surface area contributed by atoms with Crippen LogP contribution in [0.1, 0.15) is 37.2 Å². The molecule has 0 aromatic carbocycles. The molecule has 0 spiro atoms. The Hall–Kier alpha value is -0.850. The molecule has 19 heavy (non-hydrogen) atoms. The monoisotopic (exact) mass is 286 g/mol. The molecule has 0 radical (unpaired) electrons. The van der Waals surface area contributed by atoms with Gasteiger partial charge < -0.3 is 9.73 Å². The van der Waals surface area contributed by atoms with E-state index in [1.165, 1.54) is 12.8 Å². The number of aryl methyl sites for hydroxylation is 1. The number of sulfonamides is 1. The summed E-state index contributed by atoms with van der Waals surface area (Å²) in [4.78, 5) is 0.254. The number of hydrogen-bond acceptors (Lipinski definition) is 4. The number of hydrogen-bond donors (Lipinski definition) is 2. The average Bonchev–Trinajstić information content (AvgIpc) is 3.09. The lowest BCUT2D eigenvalue weighted by atomic mass is 10.2. The van der Waals surface area contributed by atoms with Crippen LogP contribution in [0, 0.1) is 12.8 Å². The van der Waals surface area contributed by atoms with E-state index in [4.69, 9.17) is 4.42 Å². The normalized spacial score (nSPS) is 15.9. The molecule has 1 aromatic heterocycles. The Morgan fingerprint density at radius 2 is 2.16 bits per heavy atom. The highest BCUT2D eigenvalue weighted by Crippen LogP contribution is 2.33. The molecular formula is C13H22N2O3S. The lowest BCUT2D eigenvalue weighted by molar-refractivity contribution is 0.465. The highest BCUT2D eigenvalue weighted by atomic mass is 32.2. The maximum Gasteiger partial charge on any atom is 0.244 e. The molecule has 1 aliphatic rings. The summed E-state index contributed by atoms with van der Waals surface area (Å²) in [6.45, 7) is 2.71. The Labute approximate surface area is 114 Å². The quantitative estimate of drug-likeness (QED) is 0.715. The van der Waals surface area contributed by atoms with Gasteiger partial charge in [-0.05, 0) is 32.7 Å². The van der Waals surface area contributed by atoms with Gasteiger partial charge in [-0.25, -0.2) is 13.1 Å². The molecule has 1 fully saturated rings. The van der Waals surface area contributed by atoms with E-state index in [1.54, 1.807) is 20.0 Å². The number of furan rings is 1. The Bertz CT molecular complexity index is 518. The molecule has 6 heteroatoms. The molecule has 0 atom stereocenters. The first-order chi connectivity index (χ1) is 9.03. The van der Waals surface area contributed by atoms with Gasteiger partial charge in [0.25, 0.3) is 0 Å². The molecule has 1 aromatic rings. The summed E-state index contributed by atoms with van der Waals surface area (Å²) >= 11 is 0. The Kier molecular flexibility index (Phi) is 4.65. The average molecular weight is 286 g/mol. The summed E-state index contributed by atoms with van der Waals surface area (Å²) in [5, 5.41) is 2.94. The first kappa shape index (κ1) is 14.6. The van der Waals surface area contributed by atoms with Gasteiger partial charge in [0.2, 0.25) is 10.0 Å². The second kappa shape index (κ2) is 6.07. The zero-order valence-electron chi connectivity index (χ0n) is 11.5. The van der Waals surface area contributed by atoms with E-state index in [0.717, 1.165) is 18.8 Å². The van der Waals surface area contributed by atoms with Crippen molar-refractivity contribution in [3.8, 4) is 0 Å². The van der Waals surface area contributed by atoms with Crippen LogP contribution in [0.5, 0.6) is 0 Å². The van der Waals surface area contributed by atoms with E-state index in [1.807, 2.05) is 0 Å². The zero-order valence-corrected chi connectivity index (χ0v) is 12.3. The molecule has 5 nitrogen and oxygen atoms in total. The molecule has 0 saturated heterocycles. The number of nitrogens with one attached hydrogen (secondary N) is 2. The molecule has 1 aliphatic carbocycles. The van der Waals surface area contributed by atoms with Gasteiger partial charge in [0.1, 0.15) is 16.4 Å². The van der Waals surface area contributed by atoms with Crippen LogP contribution in [-0.4, -0.2) is 22.0 Å². The van der Waals surface area contributed by atoms with Crippen LogP contribution in [0.15, 0.2) is 15.4 Å². The highest BCUT2D eigenvalue weighted by molar-refractivity contribution is 7.89. The Morgan fingerprint density at radius 3 is 2.79 bits per heavy atom. The SMILES string of the molecule is CNCc1cc(S(=O)(=O)NCCCC2CC2)c(C)o1. The Morgan fingerprint density at radius 1 is 1.42 bits per heavy atom. The predicted molar refractivity (Wildman–Crippen MR) is 73.4 cm³/mol. The third-order valence-corrected chi connectivity index (χ3v) is 4.91. The van der Waals surface area contributed by atoms with Crippen LogP contribution in [0.3, 0.4) is 0 Å². The smallest absolute Gasteiger partial charge is 0.244 e. The zero-order chi connectivity index (χ0) is 13.9. The van der Waals surface area contributed by atoms with Crippen molar-refractivity contribution in [2.45, 2.75) is 44.0 Å². The third kappa shape index (κ3) is 4.06. The molecule has 0 bridgehead atoms. The van der Waals surface area contributed by atoms with Crippen LogP contribution < -0.4 is 10.0 Å². The van der Waals surface area contributed by atoms with Gasteiger partial charge in [-0.3, -0.25) is 0 Å². The lowest BCUT2D eigenvalue weighted by Crippen LogP contribution is -2.25. The molecule has 0 aliphatic heterocycles. The number of rotatable bonds is 8. The maximum atomic E-state index is 12.1. The van der Waals surface area contributed by atoms with Crippen molar-refractivity contribution in [1.82, 2.24) is 10.0 Å². The second-order valence-electron chi connectivity index (χ2n) is 5.15. The van der Waals surface area contributed by atoms with Gasteiger partial charge >= 0.3 is 0 Å². The molecule has 2 N–H and O–H groups in total. The molecule has 2 rings (SSSR count). The first-order valence-electron chi connectivity index (χ1n) is 6.76. The summed E-state index contributed by atoms with van der Waals surface area (Å²) < 4.78 is 32.3. The molecule has 108 valence electrons. The van der Waals surface area contributed by atoms with Crippen LogP contribution in [0.4, 0.5) is 0 Å². The molecular weight excluding hydrogens is 264 g/mol. The summed E-state index contributed by atoms with van der Waals surface area (Å²) in [5.74, 6) is 1.92. The van der Waals surface area contributed by atoms with Gasteiger partial charge in [0, 0.05) is 12.6 Å². The van der Waals surface area contributed by atoms with E-state index in [0.29, 0.717) is 24.6 Å². The first-order valence-corrected chi connectivity index (χ1v) is 8.25. The van der Waals surface area contributed by atoms with Gasteiger partial charge in [0.15, 0.2) is 0 Å². The van der Waals surface area contributed by atoms with E-state index in [2.05, 4.69) is 10.0 Å². The van der Waals surface area contributed by atoms with Crippen molar-refractivity contribution >= 4 is 10.0 Å². The summed E-state index contributed by atoms with van der Waals surface area (Å²) in [6.07, 6.45) is 4.64. The van der Waals surface area contributed by atoms with E-state index < -0.39 is 10.0 Å². The van der Waals surface area contributed by atoms with E-state index in [-0.39, 0.29) is 4.90 Å². The lowest BCUT2D eigenvalue weighted by Gasteiger charge is -2.04. The third-order valence-electron chi connectivity index (χ3n) is 3.34. The van der Waals surface area contributed by atoms with Crippen LogP contribution in [0.2, 0.25) is 0 Å². The van der Waals surface area contributed by atoms with E-state index in [9.17, 15) is 8.42 Å². The van der Waals surface area contributed by atoms with Crippen LogP contribution in [-0.2, 0) is 16.6 Å². The van der Waals surface area contributed by atoms with Gasteiger partial charge in [-0.2, -0.15) is 0 Å². The van der Waals surface area contributed by atoms with Crippen molar-refractivity contribution in [2.75, 3.05) is 13.6 Å². The molecule has 0 amide bonds. The van der Waals surface area contributed by atoms with Gasteiger partial charge in [-0.15, -0.1) is 0 Å². The summed E-state index contributed by atoms with van der Waals surface area (Å²) in [6, 6.07) is 1.59. The molecule has 1 heterocycles. The Balaban J connectivity index is 1.93. The summed E-state index contributed by atoms with van der Waals surface area (Å²) in [7, 11) is -1.64. The molecule has 0 unspecified atom stereocenters. The minimum absolute atomic E-state index is 0.254. The second-order valence-corrected chi connectivity index (χ2v) is 6.88.